The number of amides is 2. The van der Waals surface area contributed by atoms with Crippen LogP contribution in [0.4, 0.5) is 5.69 Å². The Morgan fingerprint density at radius 1 is 0.957 bits per heavy atom. The molecule has 0 aromatic heterocycles. The maximum Gasteiger partial charge on any atom is 0.270 e. The van der Waals surface area contributed by atoms with Crippen LogP contribution in [-0.4, -0.2) is 34.3 Å². The smallest absolute Gasteiger partial charge is 0.270 e. The molecule has 0 spiro atoms. The zero-order valence-electron chi connectivity index (χ0n) is 12.5. The fraction of sp³-hybridized carbons (Fsp3) is 0.125. The van der Waals surface area contributed by atoms with Crippen molar-refractivity contribution in [3.8, 4) is 0 Å². The van der Waals surface area contributed by atoms with Crippen LogP contribution in [-0.2, 0) is 19.4 Å². The van der Waals surface area contributed by atoms with Gasteiger partial charge < -0.3 is 4.90 Å². The highest BCUT2D eigenvalue weighted by Crippen LogP contribution is 2.33. The quantitative estimate of drug-likeness (QED) is 0.856. The van der Waals surface area contributed by atoms with Gasteiger partial charge in [-0.15, -0.1) is 0 Å². The summed E-state index contributed by atoms with van der Waals surface area (Å²) < 4.78 is 25.6. The number of nitrogens with one attached hydrogen (secondary N) is 1. The van der Waals surface area contributed by atoms with E-state index in [1.165, 1.54) is 6.07 Å². The molecule has 0 saturated carbocycles. The number of rotatable bonds is 3. The molecule has 0 radical (unpaired) electrons. The average molecular weight is 330 g/mol. The Bertz CT molecular complexity index is 975. The largest absolute Gasteiger partial charge is 0.377 e. The molecule has 2 aromatic carbocycles. The van der Waals surface area contributed by atoms with Crippen molar-refractivity contribution >= 4 is 38.1 Å². The van der Waals surface area contributed by atoms with Gasteiger partial charge in [-0.3, -0.25) is 14.9 Å². The summed E-state index contributed by atoms with van der Waals surface area (Å²) in [5, 5.41) is 3.22. The Hall–Kier alpha value is -2.67. The average Bonchev–Trinajstić information content (AvgIpc) is 2.85. The molecule has 0 bridgehead atoms. The lowest BCUT2D eigenvalue weighted by atomic mass is 10.1. The highest BCUT2D eigenvalue weighted by molar-refractivity contribution is 7.96. The number of hydrogen-bond donors (Lipinski definition) is 1. The molecular weight excluding hydrogens is 316 g/mol. The van der Waals surface area contributed by atoms with E-state index in [0.717, 1.165) is 17.1 Å². The van der Waals surface area contributed by atoms with E-state index in [4.69, 9.17) is 0 Å². The van der Waals surface area contributed by atoms with E-state index in [0.29, 0.717) is 5.39 Å². The van der Waals surface area contributed by atoms with Crippen molar-refractivity contribution in [3.05, 3.63) is 47.4 Å². The molecule has 2 amide bonds. The fourth-order valence-corrected chi connectivity index (χ4v) is 4.12. The molecule has 3 rings (SSSR count). The van der Waals surface area contributed by atoms with Crippen LogP contribution in [0.5, 0.6) is 0 Å². The van der Waals surface area contributed by atoms with Gasteiger partial charge in [-0.05, 0) is 12.1 Å². The van der Waals surface area contributed by atoms with Crippen LogP contribution < -0.4 is 10.2 Å². The first kappa shape index (κ1) is 15.2. The van der Waals surface area contributed by atoms with E-state index in [1.54, 1.807) is 18.2 Å². The SMILES string of the molecule is CN(C)c1cccc2c(S(=O)(=O)C3=CC(=O)NC3=O)cccc12. The molecule has 1 heterocycles. The summed E-state index contributed by atoms with van der Waals surface area (Å²) in [6.45, 7) is 0. The highest BCUT2D eigenvalue weighted by atomic mass is 32.2. The second kappa shape index (κ2) is 5.20. The summed E-state index contributed by atoms with van der Waals surface area (Å²) in [6.07, 6.45) is 0.826. The van der Waals surface area contributed by atoms with Crippen molar-refractivity contribution in [2.75, 3.05) is 19.0 Å². The van der Waals surface area contributed by atoms with Gasteiger partial charge in [-0.25, -0.2) is 8.42 Å². The molecule has 23 heavy (non-hydrogen) atoms. The number of hydrogen-bond acceptors (Lipinski definition) is 5. The summed E-state index contributed by atoms with van der Waals surface area (Å²) in [5.41, 5.74) is 0.862. The molecule has 118 valence electrons. The van der Waals surface area contributed by atoms with Crippen LogP contribution in [0, 0.1) is 0 Å². The molecule has 0 aliphatic carbocycles. The highest BCUT2D eigenvalue weighted by Gasteiger charge is 2.34. The molecule has 0 saturated heterocycles. The van der Waals surface area contributed by atoms with Crippen LogP contribution in [0.25, 0.3) is 10.8 Å². The van der Waals surface area contributed by atoms with E-state index in [2.05, 4.69) is 0 Å². The van der Waals surface area contributed by atoms with Crippen molar-refractivity contribution in [1.29, 1.82) is 0 Å². The molecule has 6 nitrogen and oxygen atoms in total. The fourth-order valence-electron chi connectivity index (χ4n) is 2.60. The maximum atomic E-state index is 12.8. The molecule has 1 aliphatic heterocycles. The summed E-state index contributed by atoms with van der Waals surface area (Å²) in [6, 6.07) is 10.2. The minimum Gasteiger partial charge on any atom is -0.377 e. The molecule has 0 atom stereocenters. The Labute approximate surface area is 133 Å². The monoisotopic (exact) mass is 330 g/mol. The van der Waals surface area contributed by atoms with Crippen molar-refractivity contribution < 1.29 is 18.0 Å². The van der Waals surface area contributed by atoms with Crippen LogP contribution in [0.15, 0.2) is 52.3 Å². The number of sulfone groups is 1. The summed E-state index contributed by atoms with van der Waals surface area (Å²) in [4.78, 5) is 24.4. The number of carbonyl (C=O) groups is 2. The number of imide groups is 1. The van der Waals surface area contributed by atoms with Crippen molar-refractivity contribution in [2.45, 2.75) is 4.90 Å². The first-order chi connectivity index (χ1) is 10.8. The van der Waals surface area contributed by atoms with Crippen LogP contribution >= 0.6 is 0 Å². The van der Waals surface area contributed by atoms with Crippen LogP contribution in [0.1, 0.15) is 0 Å². The van der Waals surface area contributed by atoms with Crippen molar-refractivity contribution in [1.82, 2.24) is 5.32 Å². The predicted octanol–water partition coefficient (Wildman–Crippen LogP) is 1.22. The standard InChI is InChI=1S/C16H14N2O4S/c1-18(2)12-7-3-6-11-10(12)5-4-8-13(11)23(21,22)14-9-15(19)17-16(14)20/h3-9H,1-2H3,(H,17,19,20). The van der Waals surface area contributed by atoms with E-state index in [-0.39, 0.29) is 4.90 Å². The van der Waals surface area contributed by atoms with Crippen molar-refractivity contribution in [2.24, 2.45) is 0 Å². The Morgan fingerprint density at radius 3 is 2.22 bits per heavy atom. The second-order valence-electron chi connectivity index (χ2n) is 5.35. The summed E-state index contributed by atoms with van der Waals surface area (Å²) in [7, 11) is -0.355. The normalized spacial score (nSPS) is 14.8. The first-order valence-electron chi connectivity index (χ1n) is 6.83. The Kier molecular flexibility index (Phi) is 3.45. The number of fused-ring (bicyclic) bond motifs is 1. The number of benzene rings is 2. The van der Waals surface area contributed by atoms with Gasteiger partial charge >= 0.3 is 0 Å². The lowest BCUT2D eigenvalue weighted by Gasteiger charge is -2.16. The zero-order chi connectivity index (χ0) is 16.8. The van der Waals surface area contributed by atoms with E-state index < -0.39 is 26.6 Å². The van der Waals surface area contributed by atoms with Crippen LogP contribution in [0.2, 0.25) is 0 Å². The lowest BCUT2D eigenvalue weighted by Crippen LogP contribution is -2.24. The molecule has 0 fully saturated rings. The van der Waals surface area contributed by atoms with Crippen LogP contribution in [0.3, 0.4) is 0 Å². The Balaban J connectivity index is 2.29. The predicted molar refractivity (Wildman–Crippen MR) is 86.7 cm³/mol. The third-order valence-corrected chi connectivity index (χ3v) is 5.46. The molecule has 0 unspecified atom stereocenters. The van der Waals surface area contributed by atoms with Gasteiger partial charge in [0.05, 0.1) is 4.90 Å². The minimum absolute atomic E-state index is 0.00907. The van der Waals surface area contributed by atoms with E-state index >= 15 is 0 Å². The molecular formula is C16H14N2O4S. The topological polar surface area (TPSA) is 83.6 Å². The number of anilines is 1. The minimum atomic E-state index is -4.08. The maximum absolute atomic E-state index is 12.8. The number of nitrogens with zero attached hydrogens (tertiary/aromatic N) is 1. The van der Waals surface area contributed by atoms with Gasteiger partial charge in [0.1, 0.15) is 4.91 Å². The summed E-state index contributed by atoms with van der Waals surface area (Å²) in [5.74, 6) is -1.61. The second-order valence-corrected chi connectivity index (χ2v) is 7.24. The summed E-state index contributed by atoms with van der Waals surface area (Å²) >= 11 is 0. The van der Waals surface area contributed by atoms with Gasteiger partial charge in [-0.2, -0.15) is 0 Å². The molecule has 1 N–H and O–H groups in total. The van der Waals surface area contributed by atoms with Gasteiger partial charge in [-0.1, -0.05) is 24.3 Å². The number of carbonyl (C=O) groups excluding carboxylic acids is 2. The molecule has 1 aliphatic rings. The third kappa shape index (κ3) is 2.39. The first-order valence-corrected chi connectivity index (χ1v) is 8.32. The van der Waals surface area contributed by atoms with E-state index in [1.807, 2.05) is 36.4 Å². The van der Waals surface area contributed by atoms with Gasteiger partial charge in [0.2, 0.25) is 9.84 Å². The van der Waals surface area contributed by atoms with E-state index in [9.17, 15) is 18.0 Å². The Morgan fingerprint density at radius 2 is 1.61 bits per heavy atom. The van der Waals surface area contributed by atoms with Crippen molar-refractivity contribution in [3.63, 3.8) is 0 Å². The lowest BCUT2D eigenvalue weighted by molar-refractivity contribution is -0.123. The molecule has 2 aromatic rings. The van der Waals surface area contributed by atoms with Gasteiger partial charge in [0.15, 0.2) is 0 Å². The third-order valence-electron chi connectivity index (χ3n) is 3.64. The van der Waals surface area contributed by atoms with Gasteiger partial charge in [0, 0.05) is 36.6 Å². The van der Waals surface area contributed by atoms with Gasteiger partial charge in [0.25, 0.3) is 11.8 Å². The molecule has 7 heteroatoms. The zero-order valence-corrected chi connectivity index (χ0v) is 13.3.